The van der Waals surface area contributed by atoms with Gasteiger partial charge in [-0.2, -0.15) is 4.98 Å². The van der Waals surface area contributed by atoms with E-state index in [9.17, 15) is 0 Å². The van der Waals surface area contributed by atoms with Crippen molar-refractivity contribution in [1.82, 2.24) is 9.97 Å². The van der Waals surface area contributed by atoms with E-state index >= 15 is 0 Å². The number of hydrogen-bond donors (Lipinski definition) is 2. The zero-order valence-corrected chi connectivity index (χ0v) is 16.3. The van der Waals surface area contributed by atoms with Crippen LogP contribution in [-0.4, -0.2) is 23.2 Å². The van der Waals surface area contributed by atoms with E-state index in [1.54, 1.807) is 0 Å². The first-order chi connectivity index (χ1) is 13.6. The van der Waals surface area contributed by atoms with Crippen molar-refractivity contribution in [2.24, 2.45) is 0 Å². The zero-order valence-electron chi connectivity index (χ0n) is 16.3. The van der Waals surface area contributed by atoms with E-state index < -0.39 is 0 Å². The van der Waals surface area contributed by atoms with Crippen LogP contribution in [-0.2, 0) is 0 Å². The smallest absolute Gasteiger partial charge is 0.229 e. The van der Waals surface area contributed by atoms with Crippen molar-refractivity contribution >= 4 is 23.1 Å². The average molecular weight is 376 g/mol. The minimum atomic E-state index is 0.506. The lowest BCUT2D eigenvalue weighted by Gasteiger charge is -2.19. The molecular weight excluding hydrogens is 352 g/mol. The SMILES string of the molecule is Cc1cc(Nc2ccc3c(c2)OCCO3)nc(Nc2ccc(C(C)C)cc2)n1. The molecule has 0 fully saturated rings. The van der Waals surface area contributed by atoms with Crippen molar-refractivity contribution in [2.45, 2.75) is 26.7 Å². The lowest BCUT2D eigenvalue weighted by atomic mass is 10.0. The maximum atomic E-state index is 5.64. The number of aromatic nitrogens is 2. The number of anilines is 4. The lowest BCUT2D eigenvalue weighted by molar-refractivity contribution is 0.171. The Kier molecular flexibility index (Phi) is 5.02. The number of benzene rings is 2. The Bertz CT molecular complexity index is 971. The zero-order chi connectivity index (χ0) is 19.5. The van der Waals surface area contributed by atoms with E-state index in [1.807, 2.05) is 31.2 Å². The molecule has 0 saturated heterocycles. The van der Waals surface area contributed by atoms with Crippen molar-refractivity contribution in [3.8, 4) is 11.5 Å². The molecule has 0 radical (unpaired) electrons. The van der Waals surface area contributed by atoms with Gasteiger partial charge in [-0.3, -0.25) is 0 Å². The summed E-state index contributed by atoms with van der Waals surface area (Å²) in [6.07, 6.45) is 0. The Hall–Kier alpha value is -3.28. The first-order valence-electron chi connectivity index (χ1n) is 9.46. The third kappa shape index (κ3) is 4.17. The van der Waals surface area contributed by atoms with Crippen LogP contribution in [0.1, 0.15) is 31.0 Å². The second-order valence-corrected chi connectivity index (χ2v) is 7.10. The predicted octanol–water partition coefficient (Wildman–Crippen LogP) is 5.17. The van der Waals surface area contributed by atoms with Crippen LogP contribution in [0, 0.1) is 6.92 Å². The quantitative estimate of drug-likeness (QED) is 0.640. The first-order valence-corrected chi connectivity index (χ1v) is 9.46. The number of ether oxygens (including phenoxy) is 2. The number of nitrogens with zero attached hydrogens (tertiary/aromatic N) is 2. The van der Waals surface area contributed by atoms with Gasteiger partial charge in [0.2, 0.25) is 5.95 Å². The molecule has 3 aromatic rings. The van der Waals surface area contributed by atoms with Gasteiger partial charge in [0.05, 0.1) is 0 Å². The molecule has 0 saturated carbocycles. The number of nitrogens with one attached hydrogen (secondary N) is 2. The highest BCUT2D eigenvalue weighted by Crippen LogP contribution is 2.33. The highest BCUT2D eigenvalue weighted by atomic mass is 16.6. The Morgan fingerprint density at radius 2 is 1.54 bits per heavy atom. The molecule has 0 atom stereocenters. The summed E-state index contributed by atoms with van der Waals surface area (Å²) in [5, 5.41) is 6.60. The van der Waals surface area contributed by atoms with Gasteiger partial charge < -0.3 is 20.1 Å². The van der Waals surface area contributed by atoms with Crippen LogP contribution in [0.2, 0.25) is 0 Å². The van der Waals surface area contributed by atoms with E-state index in [1.165, 1.54) is 5.56 Å². The standard InChI is InChI=1S/C22H24N4O2/c1-14(2)16-4-6-17(7-5-16)25-22-23-15(3)12-21(26-22)24-18-8-9-19-20(13-18)28-11-10-27-19/h4-9,12-14H,10-11H2,1-3H3,(H2,23,24,25,26). The molecule has 144 valence electrons. The number of rotatable bonds is 5. The molecule has 0 aliphatic carbocycles. The summed E-state index contributed by atoms with van der Waals surface area (Å²) in [6.45, 7) is 7.46. The summed E-state index contributed by atoms with van der Waals surface area (Å²) in [5.74, 6) is 3.28. The van der Waals surface area contributed by atoms with E-state index in [2.05, 4.69) is 58.7 Å². The first kappa shape index (κ1) is 18.1. The summed E-state index contributed by atoms with van der Waals surface area (Å²) >= 11 is 0. The average Bonchev–Trinajstić information content (AvgIpc) is 2.68. The maximum Gasteiger partial charge on any atom is 0.229 e. The van der Waals surface area contributed by atoms with E-state index in [4.69, 9.17) is 9.47 Å². The van der Waals surface area contributed by atoms with Gasteiger partial charge in [-0.25, -0.2) is 4.98 Å². The number of aryl methyl sites for hydroxylation is 1. The van der Waals surface area contributed by atoms with Crippen LogP contribution in [0.5, 0.6) is 11.5 Å². The molecule has 1 aromatic heterocycles. The van der Waals surface area contributed by atoms with Gasteiger partial charge in [0.25, 0.3) is 0 Å². The van der Waals surface area contributed by atoms with Gasteiger partial charge in [0, 0.05) is 29.2 Å². The molecule has 1 aliphatic heterocycles. The molecule has 2 N–H and O–H groups in total. The normalized spacial score (nSPS) is 12.7. The molecule has 0 unspecified atom stereocenters. The molecule has 28 heavy (non-hydrogen) atoms. The van der Waals surface area contributed by atoms with Crippen molar-refractivity contribution in [1.29, 1.82) is 0 Å². The number of hydrogen-bond acceptors (Lipinski definition) is 6. The van der Waals surface area contributed by atoms with Crippen LogP contribution in [0.25, 0.3) is 0 Å². The van der Waals surface area contributed by atoms with Gasteiger partial charge in [-0.05, 0) is 42.7 Å². The van der Waals surface area contributed by atoms with E-state index in [-0.39, 0.29) is 0 Å². The molecule has 0 spiro atoms. The van der Waals surface area contributed by atoms with E-state index in [0.29, 0.717) is 30.9 Å². The third-order valence-corrected chi connectivity index (χ3v) is 4.50. The van der Waals surface area contributed by atoms with Gasteiger partial charge in [-0.1, -0.05) is 26.0 Å². The molecular formula is C22H24N4O2. The van der Waals surface area contributed by atoms with Crippen LogP contribution < -0.4 is 20.1 Å². The molecule has 2 aromatic carbocycles. The fraction of sp³-hybridized carbons (Fsp3) is 0.273. The predicted molar refractivity (Wildman–Crippen MR) is 111 cm³/mol. The molecule has 6 nitrogen and oxygen atoms in total. The van der Waals surface area contributed by atoms with Crippen LogP contribution >= 0.6 is 0 Å². The molecule has 1 aliphatic rings. The topological polar surface area (TPSA) is 68.3 Å². The van der Waals surface area contributed by atoms with E-state index in [0.717, 1.165) is 28.6 Å². The third-order valence-electron chi connectivity index (χ3n) is 4.50. The second-order valence-electron chi connectivity index (χ2n) is 7.10. The van der Waals surface area contributed by atoms with Gasteiger partial charge in [0.1, 0.15) is 19.0 Å². The van der Waals surface area contributed by atoms with Crippen molar-refractivity contribution in [3.05, 3.63) is 59.8 Å². The lowest BCUT2D eigenvalue weighted by Crippen LogP contribution is -2.15. The van der Waals surface area contributed by atoms with Crippen molar-refractivity contribution < 1.29 is 9.47 Å². The summed E-state index contributed by atoms with van der Waals surface area (Å²) in [5.41, 5.74) is 4.02. The molecule has 4 rings (SSSR count). The van der Waals surface area contributed by atoms with Gasteiger partial charge in [0.15, 0.2) is 11.5 Å². The fourth-order valence-corrected chi connectivity index (χ4v) is 3.04. The highest BCUT2D eigenvalue weighted by molar-refractivity contribution is 5.63. The second kappa shape index (κ2) is 7.76. The van der Waals surface area contributed by atoms with Crippen LogP contribution in [0.4, 0.5) is 23.1 Å². The summed E-state index contributed by atoms with van der Waals surface area (Å²) in [6, 6.07) is 16.0. The number of fused-ring (bicyclic) bond motifs is 1. The minimum Gasteiger partial charge on any atom is -0.486 e. The summed E-state index contributed by atoms with van der Waals surface area (Å²) < 4.78 is 11.2. The maximum absolute atomic E-state index is 5.64. The Labute approximate surface area is 164 Å². The Morgan fingerprint density at radius 3 is 2.29 bits per heavy atom. The van der Waals surface area contributed by atoms with Crippen LogP contribution in [0.3, 0.4) is 0 Å². The largest absolute Gasteiger partial charge is 0.486 e. The molecule has 0 amide bonds. The highest BCUT2D eigenvalue weighted by Gasteiger charge is 2.12. The van der Waals surface area contributed by atoms with Gasteiger partial charge >= 0.3 is 0 Å². The van der Waals surface area contributed by atoms with Crippen molar-refractivity contribution in [3.63, 3.8) is 0 Å². The van der Waals surface area contributed by atoms with Crippen LogP contribution in [0.15, 0.2) is 48.5 Å². The summed E-state index contributed by atoms with van der Waals surface area (Å²) in [7, 11) is 0. The van der Waals surface area contributed by atoms with Crippen molar-refractivity contribution in [2.75, 3.05) is 23.8 Å². The Balaban J connectivity index is 1.52. The van der Waals surface area contributed by atoms with Gasteiger partial charge in [-0.15, -0.1) is 0 Å². The Morgan fingerprint density at radius 1 is 0.821 bits per heavy atom. The minimum absolute atomic E-state index is 0.506. The molecule has 0 bridgehead atoms. The molecule has 2 heterocycles. The summed E-state index contributed by atoms with van der Waals surface area (Å²) in [4.78, 5) is 9.08. The molecule has 6 heteroatoms. The monoisotopic (exact) mass is 376 g/mol. The fourth-order valence-electron chi connectivity index (χ4n) is 3.04.